The van der Waals surface area contributed by atoms with Gasteiger partial charge in [0, 0.05) is 6.54 Å². The Morgan fingerprint density at radius 1 is 1.78 bits per heavy atom. The summed E-state index contributed by atoms with van der Waals surface area (Å²) in [5.41, 5.74) is 1.33. The van der Waals surface area contributed by atoms with Crippen molar-refractivity contribution < 1.29 is 0 Å². The molecule has 1 nitrogen and oxygen atoms in total. The highest BCUT2D eigenvalue weighted by Gasteiger charge is 2.17. The van der Waals surface area contributed by atoms with Gasteiger partial charge < -0.3 is 5.32 Å². The SMILES string of the molecule is CC(C)C1=CNCC1Cl. The molecule has 1 rings (SSSR count). The van der Waals surface area contributed by atoms with E-state index in [2.05, 4.69) is 19.2 Å². The molecule has 2 heteroatoms. The molecule has 0 radical (unpaired) electrons. The molecule has 1 unspecified atom stereocenters. The van der Waals surface area contributed by atoms with Crippen LogP contribution in [0.3, 0.4) is 0 Å². The average molecular weight is 146 g/mol. The fourth-order valence-electron chi connectivity index (χ4n) is 1.02. The van der Waals surface area contributed by atoms with Gasteiger partial charge in [-0.25, -0.2) is 0 Å². The van der Waals surface area contributed by atoms with E-state index in [9.17, 15) is 0 Å². The fourth-order valence-corrected chi connectivity index (χ4v) is 1.42. The minimum Gasteiger partial charge on any atom is -0.389 e. The molecule has 0 aromatic heterocycles. The van der Waals surface area contributed by atoms with Crippen molar-refractivity contribution in [1.82, 2.24) is 5.32 Å². The summed E-state index contributed by atoms with van der Waals surface area (Å²) in [6, 6.07) is 0. The van der Waals surface area contributed by atoms with Crippen LogP contribution >= 0.6 is 11.6 Å². The Labute approximate surface area is 61.1 Å². The van der Waals surface area contributed by atoms with Crippen molar-refractivity contribution in [2.24, 2.45) is 5.92 Å². The molecular formula is C7H12ClN. The molecule has 1 N–H and O–H groups in total. The molecule has 0 aliphatic carbocycles. The van der Waals surface area contributed by atoms with Crippen LogP contribution < -0.4 is 5.32 Å². The third-order valence-corrected chi connectivity index (χ3v) is 2.00. The molecule has 0 spiro atoms. The number of halogens is 1. The zero-order valence-electron chi connectivity index (χ0n) is 5.82. The Hall–Kier alpha value is -0.170. The molecule has 1 aliphatic heterocycles. The van der Waals surface area contributed by atoms with Crippen LogP contribution in [0.2, 0.25) is 0 Å². The maximum absolute atomic E-state index is 5.94. The van der Waals surface area contributed by atoms with E-state index in [-0.39, 0.29) is 5.38 Å². The molecule has 0 saturated heterocycles. The average Bonchev–Trinajstić information content (AvgIpc) is 2.13. The van der Waals surface area contributed by atoms with Crippen LogP contribution in [0.25, 0.3) is 0 Å². The van der Waals surface area contributed by atoms with Gasteiger partial charge in [-0.3, -0.25) is 0 Å². The van der Waals surface area contributed by atoms with Gasteiger partial charge in [-0.2, -0.15) is 0 Å². The minimum atomic E-state index is 0.227. The highest BCUT2D eigenvalue weighted by atomic mass is 35.5. The van der Waals surface area contributed by atoms with Gasteiger partial charge in [-0.15, -0.1) is 11.6 Å². The maximum Gasteiger partial charge on any atom is 0.0736 e. The Bertz CT molecular complexity index is 129. The topological polar surface area (TPSA) is 12.0 Å². The van der Waals surface area contributed by atoms with Crippen LogP contribution in [0.1, 0.15) is 13.8 Å². The van der Waals surface area contributed by atoms with E-state index in [1.165, 1.54) is 5.57 Å². The summed E-state index contributed by atoms with van der Waals surface area (Å²) >= 11 is 5.94. The molecule has 0 fully saturated rings. The van der Waals surface area contributed by atoms with Crippen LogP contribution in [0.15, 0.2) is 11.8 Å². The molecule has 0 aromatic rings. The highest BCUT2D eigenvalue weighted by Crippen LogP contribution is 2.20. The third kappa shape index (κ3) is 1.39. The molecule has 1 aliphatic rings. The van der Waals surface area contributed by atoms with Gasteiger partial charge in [-0.05, 0) is 17.7 Å². The van der Waals surface area contributed by atoms with Crippen molar-refractivity contribution in [3.05, 3.63) is 11.8 Å². The molecule has 52 valence electrons. The monoisotopic (exact) mass is 145 g/mol. The molecule has 0 bridgehead atoms. The van der Waals surface area contributed by atoms with Gasteiger partial charge in [0.05, 0.1) is 5.38 Å². The lowest BCUT2D eigenvalue weighted by Gasteiger charge is -2.08. The third-order valence-electron chi connectivity index (χ3n) is 1.59. The Kier molecular flexibility index (Phi) is 2.01. The molecule has 0 saturated carbocycles. The summed E-state index contributed by atoms with van der Waals surface area (Å²) in [4.78, 5) is 0. The summed E-state index contributed by atoms with van der Waals surface area (Å²) in [7, 11) is 0. The second-order valence-electron chi connectivity index (χ2n) is 2.67. The van der Waals surface area contributed by atoms with Crippen molar-refractivity contribution in [2.45, 2.75) is 19.2 Å². The predicted octanol–water partition coefficient (Wildman–Crippen LogP) is 1.74. The van der Waals surface area contributed by atoms with Gasteiger partial charge in [-0.1, -0.05) is 13.8 Å². The van der Waals surface area contributed by atoms with E-state index < -0.39 is 0 Å². The Balaban J connectivity index is 2.57. The van der Waals surface area contributed by atoms with Crippen molar-refractivity contribution in [3.8, 4) is 0 Å². The van der Waals surface area contributed by atoms with E-state index in [0.29, 0.717) is 5.92 Å². The molecule has 1 atom stereocenters. The molecule has 0 aromatic carbocycles. The normalized spacial score (nSPS) is 26.2. The zero-order valence-corrected chi connectivity index (χ0v) is 6.57. The number of hydrogen-bond acceptors (Lipinski definition) is 1. The second-order valence-corrected chi connectivity index (χ2v) is 3.20. The number of alkyl halides is 1. The highest BCUT2D eigenvalue weighted by molar-refractivity contribution is 6.22. The van der Waals surface area contributed by atoms with Crippen molar-refractivity contribution >= 4 is 11.6 Å². The first-order chi connectivity index (χ1) is 4.22. The first-order valence-electron chi connectivity index (χ1n) is 3.29. The minimum absolute atomic E-state index is 0.227. The van der Waals surface area contributed by atoms with Crippen LogP contribution in [-0.4, -0.2) is 11.9 Å². The van der Waals surface area contributed by atoms with Gasteiger partial charge in [0.15, 0.2) is 0 Å². The summed E-state index contributed by atoms with van der Waals surface area (Å²) in [6.45, 7) is 5.22. The van der Waals surface area contributed by atoms with Crippen LogP contribution in [0.5, 0.6) is 0 Å². The van der Waals surface area contributed by atoms with Crippen LogP contribution in [-0.2, 0) is 0 Å². The number of hydrogen-bond donors (Lipinski definition) is 1. The first kappa shape index (κ1) is 6.94. The van der Waals surface area contributed by atoms with E-state index in [1.807, 2.05) is 6.20 Å². The lowest BCUT2D eigenvalue weighted by molar-refractivity contribution is 0.740. The zero-order chi connectivity index (χ0) is 6.85. The fraction of sp³-hybridized carbons (Fsp3) is 0.714. The molecule has 0 amide bonds. The summed E-state index contributed by atoms with van der Waals surface area (Å²) in [5, 5.41) is 3.34. The van der Waals surface area contributed by atoms with E-state index in [1.54, 1.807) is 0 Å². The summed E-state index contributed by atoms with van der Waals surface area (Å²) in [6.07, 6.45) is 2.03. The van der Waals surface area contributed by atoms with Crippen molar-refractivity contribution in [2.75, 3.05) is 6.54 Å². The van der Waals surface area contributed by atoms with Gasteiger partial charge in [0.2, 0.25) is 0 Å². The summed E-state index contributed by atoms with van der Waals surface area (Å²) < 4.78 is 0. The van der Waals surface area contributed by atoms with E-state index in [0.717, 1.165) is 6.54 Å². The summed E-state index contributed by atoms with van der Waals surface area (Å²) in [5.74, 6) is 0.586. The van der Waals surface area contributed by atoms with Gasteiger partial charge in [0.1, 0.15) is 0 Å². The number of rotatable bonds is 1. The lowest BCUT2D eigenvalue weighted by Crippen LogP contribution is -2.11. The van der Waals surface area contributed by atoms with Gasteiger partial charge in [0.25, 0.3) is 0 Å². The number of nitrogens with one attached hydrogen (secondary N) is 1. The largest absolute Gasteiger partial charge is 0.389 e. The molecule has 1 heterocycles. The quantitative estimate of drug-likeness (QED) is 0.555. The molecular weight excluding hydrogens is 134 g/mol. The second kappa shape index (κ2) is 2.61. The van der Waals surface area contributed by atoms with E-state index in [4.69, 9.17) is 11.6 Å². The van der Waals surface area contributed by atoms with Crippen LogP contribution in [0.4, 0.5) is 0 Å². The molecule has 9 heavy (non-hydrogen) atoms. The van der Waals surface area contributed by atoms with E-state index >= 15 is 0 Å². The van der Waals surface area contributed by atoms with Crippen molar-refractivity contribution in [3.63, 3.8) is 0 Å². The maximum atomic E-state index is 5.94. The Morgan fingerprint density at radius 2 is 2.44 bits per heavy atom. The van der Waals surface area contributed by atoms with Crippen molar-refractivity contribution in [1.29, 1.82) is 0 Å². The Morgan fingerprint density at radius 3 is 2.67 bits per heavy atom. The standard InChI is InChI=1S/C7H12ClN/c1-5(2)6-3-9-4-7(6)8/h3,5,7,9H,4H2,1-2H3. The smallest absolute Gasteiger partial charge is 0.0736 e. The van der Waals surface area contributed by atoms with Crippen LogP contribution in [0, 0.1) is 5.92 Å². The predicted molar refractivity (Wildman–Crippen MR) is 40.6 cm³/mol. The first-order valence-corrected chi connectivity index (χ1v) is 3.73. The van der Waals surface area contributed by atoms with Gasteiger partial charge >= 0.3 is 0 Å². The lowest BCUT2D eigenvalue weighted by atomic mass is 10.0.